The van der Waals surface area contributed by atoms with E-state index in [0.717, 1.165) is 38.9 Å². The van der Waals surface area contributed by atoms with E-state index in [1.807, 2.05) is 103 Å². The first kappa shape index (κ1) is 36.3. The Balaban J connectivity index is 1.05. The lowest BCUT2D eigenvalue weighted by Gasteiger charge is -2.36. The van der Waals surface area contributed by atoms with Gasteiger partial charge in [0.05, 0.1) is 44.7 Å². The first-order valence-electron chi connectivity index (χ1n) is 17.1. The SMILES string of the molecule is O=C(NC1CC(=O)N(Cc2ccccc2-c2ccc([C@@H]3O[C@H](Cn4cnc(Cl)c4Cl)C[C@H](c4ccc(CO)cc4)O3)cc2)C1=O)OCc1ccccc1. The predicted octanol–water partition coefficient (Wildman–Crippen LogP) is 7.15. The molecule has 4 atom stereocenters. The number of nitrogens with zero attached hydrogens (tertiary/aromatic N) is 3. The Morgan fingerprint density at radius 2 is 1.60 bits per heavy atom. The number of imide groups is 1. The average molecular weight is 756 g/mol. The molecule has 13 heteroatoms. The van der Waals surface area contributed by atoms with Crippen molar-refractivity contribution in [2.24, 2.45) is 0 Å². The van der Waals surface area contributed by atoms with Crippen molar-refractivity contribution < 1.29 is 33.7 Å². The molecule has 2 N–H and O–H groups in total. The molecule has 5 aromatic rings. The minimum atomic E-state index is -1.00. The number of hydrogen-bond donors (Lipinski definition) is 2. The van der Waals surface area contributed by atoms with Gasteiger partial charge in [-0.05, 0) is 33.4 Å². The van der Waals surface area contributed by atoms with Gasteiger partial charge < -0.3 is 29.2 Å². The molecule has 2 aliphatic rings. The second kappa shape index (κ2) is 16.3. The summed E-state index contributed by atoms with van der Waals surface area (Å²) in [5.74, 6) is -0.868. The van der Waals surface area contributed by atoms with Crippen molar-refractivity contribution in [1.29, 1.82) is 0 Å². The number of rotatable bonds is 11. The Kier molecular flexibility index (Phi) is 11.2. The zero-order valence-electron chi connectivity index (χ0n) is 28.4. The number of nitrogens with one attached hydrogen (secondary N) is 1. The first-order valence-corrected chi connectivity index (χ1v) is 17.9. The number of aliphatic hydroxyl groups is 1. The maximum Gasteiger partial charge on any atom is 0.408 e. The summed E-state index contributed by atoms with van der Waals surface area (Å²) in [4.78, 5) is 44.0. The van der Waals surface area contributed by atoms with E-state index >= 15 is 0 Å². The standard InChI is InChI=1S/C40H36Cl2N4O7/c41-36-37(42)45(24-43-36)21-31-18-34(28-12-10-25(22-47)11-13-28)53-39(52-31)29-16-14-27(15-17-29)32-9-5-4-8-30(32)20-46-35(48)19-33(38(46)49)44-40(50)51-23-26-6-2-1-3-7-26/h1-17,24,31,33-34,39,47H,18-23H2,(H,44,50)/t31-,33?,34+,39+/m0/s1. The van der Waals surface area contributed by atoms with E-state index in [1.165, 1.54) is 4.90 Å². The third-order valence-corrected chi connectivity index (χ3v) is 10.1. The molecule has 3 heterocycles. The fourth-order valence-corrected chi connectivity index (χ4v) is 6.84. The fraction of sp³-hybridized carbons (Fsp3) is 0.250. The second-order valence-electron chi connectivity index (χ2n) is 12.9. The number of imidazole rings is 1. The van der Waals surface area contributed by atoms with E-state index in [-0.39, 0.29) is 49.4 Å². The Morgan fingerprint density at radius 3 is 2.32 bits per heavy atom. The van der Waals surface area contributed by atoms with Crippen LogP contribution in [0.1, 0.15) is 53.1 Å². The summed E-state index contributed by atoms with van der Waals surface area (Å²) in [6, 6.07) is 31.1. The number of carbonyl (C=O) groups excluding carboxylic acids is 3. The van der Waals surface area contributed by atoms with Crippen LogP contribution < -0.4 is 5.32 Å². The Morgan fingerprint density at radius 1 is 0.887 bits per heavy atom. The fourth-order valence-electron chi connectivity index (χ4n) is 6.52. The number of amides is 3. The maximum absolute atomic E-state index is 13.3. The molecule has 1 unspecified atom stereocenters. The van der Waals surface area contributed by atoms with E-state index in [9.17, 15) is 19.5 Å². The van der Waals surface area contributed by atoms with Crippen molar-refractivity contribution in [3.05, 3.63) is 148 Å². The summed E-state index contributed by atoms with van der Waals surface area (Å²) in [5, 5.41) is 12.6. The molecule has 272 valence electrons. The lowest BCUT2D eigenvalue weighted by molar-refractivity contribution is -0.252. The first-order chi connectivity index (χ1) is 25.7. The van der Waals surface area contributed by atoms with Crippen LogP contribution in [-0.4, -0.2) is 49.6 Å². The van der Waals surface area contributed by atoms with Crippen molar-refractivity contribution in [3.63, 3.8) is 0 Å². The lowest BCUT2D eigenvalue weighted by atomic mass is 9.97. The van der Waals surface area contributed by atoms with Gasteiger partial charge in [0.1, 0.15) is 17.8 Å². The normalized spacial score (nSPS) is 20.1. The Bertz CT molecular complexity index is 2080. The predicted molar refractivity (Wildman–Crippen MR) is 196 cm³/mol. The van der Waals surface area contributed by atoms with Gasteiger partial charge >= 0.3 is 6.09 Å². The number of alkyl carbamates (subject to hydrolysis) is 1. The number of hydrogen-bond acceptors (Lipinski definition) is 8. The van der Waals surface area contributed by atoms with Crippen LogP contribution in [0.3, 0.4) is 0 Å². The number of benzene rings is 4. The number of aromatic nitrogens is 2. The van der Waals surface area contributed by atoms with Crippen molar-refractivity contribution in [3.8, 4) is 11.1 Å². The van der Waals surface area contributed by atoms with Crippen LogP contribution in [0.4, 0.5) is 4.79 Å². The molecule has 0 saturated carbocycles. The lowest BCUT2D eigenvalue weighted by Crippen LogP contribution is -2.41. The van der Waals surface area contributed by atoms with Gasteiger partial charge in [0.25, 0.3) is 5.91 Å². The highest BCUT2D eigenvalue weighted by Crippen LogP contribution is 2.39. The average Bonchev–Trinajstić information content (AvgIpc) is 3.64. The zero-order valence-corrected chi connectivity index (χ0v) is 30.0. The minimum absolute atomic E-state index is 0.0426. The molecule has 11 nitrogen and oxygen atoms in total. The summed E-state index contributed by atoms with van der Waals surface area (Å²) in [5.41, 5.74) is 5.83. The van der Waals surface area contributed by atoms with Gasteiger partial charge in [0, 0.05) is 12.0 Å². The van der Waals surface area contributed by atoms with Gasteiger partial charge in [-0.25, -0.2) is 9.78 Å². The molecule has 3 amide bonds. The molecule has 2 fully saturated rings. The van der Waals surface area contributed by atoms with Crippen LogP contribution in [0.25, 0.3) is 11.1 Å². The van der Waals surface area contributed by atoms with Crippen LogP contribution in [0.2, 0.25) is 10.3 Å². The topological polar surface area (TPSA) is 132 Å². The molecule has 7 rings (SSSR count). The van der Waals surface area contributed by atoms with Gasteiger partial charge in [-0.1, -0.05) is 126 Å². The Hall–Kier alpha value is -5.04. The number of carbonyl (C=O) groups is 3. The third kappa shape index (κ3) is 8.45. The molecule has 0 spiro atoms. The van der Waals surface area contributed by atoms with Crippen LogP contribution in [0.15, 0.2) is 109 Å². The molecule has 0 radical (unpaired) electrons. The highest BCUT2D eigenvalue weighted by molar-refractivity contribution is 6.40. The Labute approximate surface area is 316 Å². The largest absolute Gasteiger partial charge is 0.445 e. The van der Waals surface area contributed by atoms with Crippen molar-refractivity contribution in [2.45, 2.75) is 63.7 Å². The maximum atomic E-state index is 13.3. The molecule has 2 aliphatic heterocycles. The van der Waals surface area contributed by atoms with Crippen molar-refractivity contribution in [2.75, 3.05) is 0 Å². The molecular weight excluding hydrogens is 719 g/mol. The van der Waals surface area contributed by atoms with Crippen LogP contribution in [0, 0.1) is 0 Å². The highest BCUT2D eigenvalue weighted by atomic mass is 35.5. The van der Waals surface area contributed by atoms with Crippen LogP contribution in [0.5, 0.6) is 0 Å². The number of likely N-dealkylation sites (tertiary alicyclic amines) is 1. The molecule has 4 aromatic carbocycles. The van der Waals surface area contributed by atoms with Gasteiger partial charge in [-0.15, -0.1) is 0 Å². The summed E-state index contributed by atoms with van der Waals surface area (Å²) in [6.45, 7) is 0.450. The van der Waals surface area contributed by atoms with Gasteiger partial charge in [0.15, 0.2) is 11.4 Å². The van der Waals surface area contributed by atoms with Crippen molar-refractivity contribution >= 4 is 41.1 Å². The van der Waals surface area contributed by atoms with Crippen LogP contribution in [-0.2, 0) is 50.1 Å². The molecule has 2 saturated heterocycles. The van der Waals surface area contributed by atoms with E-state index in [0.29, 0.717) is 18.1 Å². The quantitative estimate of drug-likeness (QED) is 0.136. The van der Waals surface area contributed by atoms with E-state index in [1.54, 1.807) is 10.9 Å². The van der Waals surface area contributed by atoms with Crippen molar-refractivity contribution in [1.82, 2.24) is 19.8 Å². The molecule has 53 heavy (non-hydrogen) atoms. The summed E-state index contributed by atoms with van der Waals surface area (Å²) in [7, 11) is 0. The van der Waals surface area contributed by atoms with E-state index < -0.39 is 24.3 Å². The number of ether oxygens (including phenoxy) is 3. The molecule has 0 bridgehead atoms. The second-order valence-corrected chi connectivity index (χ2v) is 13.6. The summed E-state index contributed by atoms with van der Waals surface area (Å²) in [6.07, 6.45) is -0.0842. The van der Waals surface area contributed by atoms with E-state index in [4.69, 9.17) is 37.4 Å². The van der Waals surface area contributed by atoms with Gasteiger partial charge in [-0.2, -0.15) is 0 Å². The molecule has 0 aliphatic carbocycles. The monoisotopic (exact) mass is 754 g/mol. The summed E-state index contributed by atoms with van der Waals surface area (Å²) < 4.78 is 20.0. The molecular formula is C40H36Cl2N4O7. The summed E-state index contributed by atoms with van der Waals surface area (Å²) >= 11 is 12.5. The van der Waals surface area contributed by atoms with E-state index in [2.05, 4.69) is 10.3 Å². The number of halogens is 2. The molecule has 1 aromatic heterocycles. The third-order valence-electron chi connectivity index (χ3n) is 9.34. The number of aliphatic hydroxyl groups excluding tert-OH is 1. The zero-order chi connectivity index (χ0) is 36.9. The highest BCUT2D eigenvalue weighted by Gasteiger charge is 2.40. The van der Waals surface area contributed by atoms with Gasteiger partial charge in [0.2, 0.25) is 5.91 Å². The van der Waals surface area contributed by atoms with Gasteiger partial charge in [-0.3, -0.25) is 14.5 Å². The minimum Gasteiger partial charge on any atom is -0.445 e. The van der Waals surface area contributed by atoms with Crippen LogP contribution >= 0.6 is 23.2 Å². The smallest absolute Gasteiger partial charge is 0.408 e.